The second-order valence-corrected chi connectivity index (χ2v) is 8.21. The lowest BCUT2D eigenvalue weighted by molar-refractivity contribution is 0.173. The molecule has 4 rings (SSSR count). The first-order valence-corrected chi connectivity index (χ1v) is 10.7. The third-order valence-corrected chi connectivity index (χ3v) is 6.29. The van der Waals surface area contributed by atoms with E-state index in [4.69, 9.17) is 19.2 Å². The Morgan fingerprint density at radius 2 is 2.11 bits per heavy atom. The van der Waals surface area contributed by atoms with Crippen molar-refractivity contribution in [1.29, 1.82) is 0 Å². The molecule has 5 nitrogen and oxygen atoms in total. The molecule has 0 saturated carbocycles. The predicted molar refractivity (Wildman–Crippen MR) is 108 cm³/mol. The maximum absolute atomic E-state index is 5.82. The summed E-state index contributed by atoms with van der Waals surface area (Å²) in [7, 11) is 0. The Kier molecular flexibility index (Phi) is 5.61. The van der Waals surface area contributed by atoms with Crippen molar-refractivity contribution >= 4 is 22.7 Å². The number of fused-ring (bicyclic) bond motifs is 1. The maximum atomic E-state index is 5.82. The van der Waals surface area contributed by atoms with Gasteiger partial charge in [0.05, 0.1) is 12.6 Å². The zero-order valence-electron chi connectivity index (χ0n) is 15.4. The van der Waals surface area contributed by atoms with E-state index in [1.807, 2.05) is 26.0 Å². The average Bonchev–Trinajstić information content (AvgIpc) is 3.40. The van der Waals surface area contributed by atoms with Gasteiger partial charge in [-0.1, -0.05) is 6.07 Å². The molecule has 2 aromatic heterocycles. The molecule has 142 valence electrons. The molecule has 1 aliphatic rings. The number of thiazole rings is 1. The molecule has 0 saturated heterocycles. The molecular formula is C20H22N2O3S2. The molecule has 1 N–H and O–H groups in total. The maximum Gasteiger partial charge on any atom is 0.231 e. The van der Waals surface area contributed by atoms with Crippen molar-refractivity contribution < 1.29 is 14.2 Å². The van der Waals surface area contributed by atoms with Crippen LogP contribution in [0.1, 0.15) is 34.1 Å². The van der Waals surface area contributed by atoms with Crippen LogP contribution in [-0.2, 0) is 13.0 Å². The summed E-state index contributed by atoms with van der Waals surface area (Å²) in [5, 5.41) is 9.00. The lowest BCUT2D eigenvalue weighted by Gasteiger charge is -2.18. The summed E-state index contributed by atoms with van der Waals surface area (Å²) in [5.41, 5.74) is 2.12. The summed E-state index contributed by atoms with van der Waals surface area (Å²) in [6.07, 6.45) is 0.916. The van der Waals surface area contributed by atoms with Crippen molar-refractivity contribution in [3.8, 4) is 17.2 Å². The lowest BCUT2D eigenvalue weighted by atomic mass is 10.1. The van der Waals surface area contributed by atoms with Crippen LogP contribution >= 0.6 is 22.7 Å². The Balaban J connectivity index is 1.55. The van der Waals surface area contributed by atoms with Crippen LogP contribution in [0.5, 0.6) is 17.2 Å². The zero-order chi connectivity index (χ0) is 18.6. The summed E-state index contributed by atoms with van der Waals surface area (Å²) in [4.78, 5) is 6.05. The van der Waals surface area contributed by atoms with Crippen LogP contribution in [-0.4, -0.2) is 18.4 Å². The fourth-order valence-corrected chi connectivity index (χ4v) is 4.66. The van der Waals surface area contributed by atoms with E-state index in [9.17, 15) is 0 Å². The lowest BCUT2D eigenvalue weighted by Crippen LogP contribution is -2.23. The molecule has 3 heterocycles. The summed E-state index contributed by atoms with van der Waals surface area (Å²) >= 11 is 3.48. The second kappa shape index (κ2) is 8.29. The van der Waals surface area contributed by atoms with Crippen LogP contribution < -0.4 is 19.5 Å². The summed E-state index contributed by atoms with van der Waals surface area (Å²) in [5.74, 6) is 2.35. The minimum atomic E-state index is 0.155. The van der Waals surface area contributed by atoms with Crippen LogP contribution in [0.25, 0.3) is 0 Å². The van der Waals surface area contributed by atoms with Crippen molar-refractivity contribution in [2.24, 2.45) is 0 Å². The SMILES string of the molecule is CCOc1cc2c(cc1CNC(Cc1cccs1)c1nc(C)cs1)OCO2. The predicted octanol–water partition coefficient (Wildman–Crippen LogP) is 4.71. The standard InChI is InChI=1S/C20H22N2O3S2/c1-3-23-17-9-19-18(24-12-25-19)7-14(17)10-21-16(8-15-5-4-6-26-15)20-22-13(2)11-27-20/h4-7,9,11,16,21H,3,8,10,12H2,1-2H3. The van der Waals surface area contributed by atoms with Gasteiger partial charge in [-0.3, -0.25) is 0 Å². The smallest absolute Gasteiger partial charge is 0.231 e. The van der Waals surface area contributed by atoms with Crippen molar-refractivity contribution in [3.63, 3.8) is 0 Å². The van der Waals surface area contributed by atoms with Crippen LogP contribution in [0.2, 0.25) is 0 Å². The highest BCUT2D eigenvalue weighted by Gasteiger charge is 2.20. The average molecular weight is 403 g/mol. The summed E-state index contributed by atoms with van der Waals surface area (Å²) in [6, 6.07) is 8.35. The largest absolute Gasteiger partial charge is 0.493 e. The first-order chi connectivity index (χ1) is 13.2. The highest BCUT2D eigenvalue weighted by Crippen LogP contribution is 2.38. The minimum Gasteiger partial charge on any atom is -0.493 e. The Bertz CT molecular complexity index is 893. The van der Waals surface area contributed by atoms with E-state index >= 15 is 0 Å². The molecule has 1 aliphatic heterocycles. The molecule has 3 aromatic rings. The number of aryl methyl sites for hydroxylation is 1. The molecule has 0 bridgehead atoms. The Labute approximate surface area is 166 Å². The van der Waals surface area contributed by atoms with Crippen molar-refractivity contribution in [2.45, 2.75) is 32.9 Å². The summed E-state index contributed by atoms with van der Waals surface area (Å²) < 4.78 is 16.8. The molecule has 1 atom stereocenters. The normalized spacial score (nSPS) is 13.7. The number of nitrogens with zero attached hydrogens (tertiary/aromatic N) is 1. The van der Waals surface area contributed by atoms with E-state index in [1.165, 1.54) is 4.88 Å². The Hall–Kier alpha value is -2.09. The van der Waals surface area contributed by atoms with Gasteiger partial charge in [-0.05, 0) is 31.4 Å². The van der Waals surface area contributed by atoms with E-state index in [1.54, 1.807) is 22.7 Å². The van der Waals surface area contributed by atoms with Gasteiger partial charge in [-0.15, -0.1) is 22.7 Å². The number of nitrogens with one attached hydrogen (secondary N) is 1. The van der Waals surface area contributed by atoms with E-state index in [2.05, 4.69) is 28.2 Å². The first-order valence-electron chi connectivity index (χ1n) is 8.96. The highest BCUT2D eigenvalue weighted by molar-refractivity contribution is 7.10. The minimum absolute atomic E-state index is 0.155. The van der Waals surface area contributed by atoms with Crippen molar-refractivity contribution in [3.05, 3.63) is 56.2 Å². The van der Waals surface area contributed by atoms with E-state index < -0.39 is 0 Å². The van der Waals surface area contributed by atoms with Crippen LogP contribution in [0.4, 0.5) is 0 Å². The van der Waals surface area contributed by atoms with Gasteiger partial charge in [0.1, 0.15) is 10.8 Å². The van der Waals surface area contributed by atoms with Gasteiger partial charge in [0.25, 0.3) is 0 Å². The number of aromatic nitrogens is 1. The number of ether oxygens (including phenoxy) is 3. The quantitative estimate of drug-likeness (QED) is 0.591. The molecule has 1 aromatic carbocycles. The zero-order valence-corrected chi connectivity index (χ0v) is 17.0. The number of hydrogen-bond acceptors (Lipinski definition) is 7. The van der Waals surface area contributed by atoms with E-state index in [0.29, 0.717) is 13.2 Å². The molecule has 0 fully saturated rings. The van der Waals surface area contributed by atoms with Gasteiger partial charge in [0, 0.05) is 40.5 Å². The molecule has 0 aliphatic carbocycles. The molecule has 27 heavy (non-hydrogen) atoms. The van der Waals surface area contributed by atoms with Gasteiger partial charge >= 0.3 is 0 Å². The van der Waals surface area contributed by atoms with Crippen LogP contribution in [0, 0.1) is 6.92 Å². The summed E-state index contributed by atoms with van der Waals surface area (Å²) in [6.45, 7) is 5.56. The molecule has 0 radical (unpaired) electrons. The number of thiophene rings is 1. The van der Waals surface area contributed by atoms with Gasteiger partial charge in [-0.2, -0.15) is 0 Å². The molecular weight excluding hydrogens is 380 g/mol. The second-order valence-electron chi connectivity index (χ2n) is 6.29. The van der Waals surface area contributed by atoms with E-state index in [-0.39, 0.29) is 12.8 Å². The number of hydrogen-bond donors (Lipinski definition) is 1. The van der Waals surface area contributed by atoms with Gasteiger partial charge in [-0.25, -0.2) is 4.98 Å². The third kappa shape index (κ3) is 4.26. The number of benzene rings is 1. The fraction of sp³-hybridized carbons (Fsp3) is 0.350. The third-order valence-electron chi connectivity index (χ3n) is 4.31. The van der Waals surface area contributed by atoms with Gasteiger partial charge in [0.2, 0.25) is 6.79 Å². The van der Waals surface area contributed by atoms with Crippen LogP contribution in [0.15, 0.2) is 35.0 Å². The molecule has 1 unspecified atom stereocenters. The monoisotopic (exact) mass is 402 g/mol. The Morgan fingerprint density at radius 3 is 2.81 bits per heavy atom. The highest BCUT2D eigenvalue weighted by atomic mass is 32.1. The van der Waals surface area contributed by atoms with Crippen LogP contribution in [0.3, 0.4) is 0 Å². The fourth-order valence-electron chi connectivity index (χ4n) is 3.04. The Morgan fingerprint density at radius 1 is 1.26 bits per heavy atom. The molecule has 7 heteroatoms. The molecule has 0 amide bonds. The topological polar surface area (TPSA) is 52.6 Å². The molecule has 0 spiro atoms. The first kappa shape index (κ1) is 18.3. The number of rotatable bonds is 8. The van der Waals surface area contributed by atoms with Crippen molar-refractivity contribution in [2.75, 3.05) is 13.4 Å². The van der Waals surface area contributed by atoms with E-state index in [0.717, 1.165) is 39.9 Å². The van der Waals surface area contributed by atoms with Crippen molar-refractivity contribution in [1.82, 2.24) is 10.3 Å². The van der Waals surface area contributed by atoms with Gasteiger partial charge in [0.15, 0.2) is 11.5 Å². The van der Waals surface area contributed by atoms with Gasteiger partial charge < -0.3 is 19.5 Å².